The lowest BCUT2D eigenvalue weighted by molar-refractivity contribution is 0.185. The number of alkyl halides is 1. The van der Waals surface area contributed by atoms with Gasteiger partial charge in [0, 0.05) is 16.8 Å². The highest BCUT2D eigenvalue weighted by atomic mass is 79.9. The highest BCUT2D eigenvalue weighted by molar-refractivity contribution is 9.10. The molecule has 0 aliphatic carbocycles. The third-order valence-corrected chi connectivity index (χ3v) is 3.40. The van der Waals surface area contributed by atoms with Gasteiger partial charge in [0.2, 0.25) is 0 Å². The Kier molecular flexibility index (Phi) is 5.53. The van der Waals surface area contributed by atoms with E-state index in [0.29, 0.717) is 16.6 Å². The predicted octanol–water partition coefficient (Wildman–Crippen LogP) is 3.70. The average molecular weight is 306 g/mol. The van der Waals surface area contributed by atoms with Crippen molar-refractivity contribution in [3.8, 4) is 0 Å². The maximum atomic E-state index is 14.0. The van der Waals surface area contributed by atoms with Crippen LogP contribution in [0.2, 0.25) is 0 Å². The zero-order valence-corrected chi connectivity index (χ0v) is 11.7. The summed E-state index contributed by atoms with van der Waals surface area (Å²) in [6, 6.07) is 4.47. The molecule has 2 atom stereocenters. The molecule has 0 aliphatic heterocycles. The molecule has 1 rings (SSSR count). The van der Waals surface area contributed by atoms with Crippen molar-refractivity contribution in [3.63, 3.8) is 0 Å². The van der Waals surface area contributed by atoms with Gasteiger partial charge in [0.1, 0.15) is 12.0 Å². The first-order chi connectivity index (χ1) is 7.93. The van der Waals surface area contributed by atoms with Crippen molar-refractivity contribution < 1.29 is 8.78 Å². The minimum absolute atomic E-state index is 0.183. The van der Waals surface area contributed by atoms with Crippen molar-refractivity contribution in [1.29, 1.82) is 0 Å². The molecule has 1 aromatic carbocycles. The SMILES string of the molecule is CC(C)C(CN)C(F)Cc1cc(F)cc(Br)c1. The first-order valence-electron chi connectivity index (χ1n) is 5.73. The predicted molar refractivity (Wildman–Crippen MR) is 70.1 cm³/mol. The van der Waals surface area contributed by atoms with E-state index in [1.807, 2.05) is 13.8 Å². The van der Waals surface area contributed by atoms with Gasteiger partial charge in [0.25, 0.3) is 0 Å². The van der Waals surface area contributed by atoms with Crippen LogP contribution in [0.25, 0.3) is 0 Å². The lowest BCUT2D eigenvalue weighted by Crippen LogP contribution is -2.30. The molecule has 0 heterocycles. The maximum absolute atomic E-state index is 14.0. The van der Waals surface area contributed by atoms with E-state index < -0.39 is 6.17 Å². The van der Waals surface area contributed by atoms with Crippen molar-refractivity contribution in [2.24, 2.45) is 17.6 Å². The van der Waals surface area contributed by atoms with Crippen LogP contribution in [-0.4, -0.2) is 12.7 Å². The highest BCUT2D eigenvalue weighted by Gasteiger charge is 2.23. The minimum Gasteiger partial charge on any atom is -0.330 e. The van der Waals surface area contributed by atoms with Crippen molar-refractivity contribution in [2.75, 3.05) is 6.54 Å². The molecule has 17 heavy (non-hydrogen) atoms. The van der Waals surface area contributed by atoms with Gasteiger partial charge in [-0.2, -0.15) is 0 Å². The number of benzene rings is 1. The van der Waals surface area contributed by atoms with E-state index >= 15 is 0 Å². The number of hydrogen-bond donors (Lipinski definition) is 1. The molecule has 0 fully saturated rings. The zero-order chi connectivity index (χ0) is 13.0. The fourth-order valence-electron chi connectivity index (χ4n) is 1.94. The van der Waals surface area contributed by atoms with Gasteiger partial charge in [-0.3, -0.25) is 0 Å². The van der Waals surface area contributed by atoms with Gasteiger partial charge >= 0.3 is 0 Å². The second-order valence-electron chi connectivity index (χ2n) is 4.64. The molecule has 4 heteroatoms. The van der Waals surface area contributed by atoms with Crippen LogP contribution in [0.4, 0.5) is 8.78 Å². The summed E-state index contributed by atoms with van der Waals surface area (Å²) in [5.41, 5.74) is 6.22. The van der Waals surface area contributed by atoms with Gasteiger partial charge in [0.15, 0.2) is 0 Å². The van der Waals surface area contributed by atoms with Gasteiger partial charge < -0.3 is 5.73 Å². The van der Waals surface area contributed by atoms with E-state index in [1.165, 1.54) is 12.1 Å². The quantitative estimate of drug-likeness (QED) is 0.882. The standard InChI is InChI=1S/C13H18BrF2N/c1-8(2)12(7-17)13(16)5-9-3-10(14)6-11(15)4-9/h3-4,6,8,12-13H,5,7,17H2,1-2H3. The summed E-state index contributed by atoms with van der Waals surface area (Å²) in [4.78, 5) is 0. The Morgan fingerprint density at radius 3 is 2.41 bits per heavy atom. The first kappa shape index (κ1) is 14.6. The summed E-state index contributed by atoms with van der Waals surface area (Å²) in [7, 11) is 0. The third-order valence-electron chi connectivity index (χ3n) is 2.95. The van der Waals surface area contributed by atoms with Crippen LogP contribution in [-0.2, 0) is 6.42 Å². The molecule has 0 spiro atoms. The van der Waals surface area contributed by atoms with Crippen LogP contribution in [0.1, 0.15) is 19.4 Å². The molecule has 0 saturated heterocycles. The van der Waals surface area contributed by atoms with Gasteiger partial charge in [-0.15, -0.1) is 0 Å². The summed E-state index contributed by atoms with van der Waals surface area (Å²) in [5.74, 6) is -0.348. The summed E-state index contributed by atoms with van der Waals surface area (Å²) in [5, 5.41) is 0. The Bertz CT molecular complexity index is 348. The van der Waals surface area contributed by atoms with Gasteiger partial charge in [0.05, 0.1) is 0 Å². The van der Waals surface area contributed by atoms with Crippen molar-refractivity contribution >= 4 is 15.9 Å². The first-order valence-corrected chi connectivity index (χ1v) is 6.52. The molecule has 2 N–H and O–H groups in total. The lowest BCUT2D eigenvalue weighted by atomic mass is 9.88. The molecule has 2 unspecified atom stereocenters. The van der Waals surface area contributed by atoms with Crippen molar-refractivity contribution in [3.05, 3.63) is 34.1 Å². The summed E-state index contributed by atoms with van der Waals surface area (Å²) in [6.07, 6.45) is -0.829. The second kappa shape index (κ2) is 6.45. The average Bonchev–Trinajstić information content (AvgIpc) is 2.15. The van der Waals surface area contributed by atoms with Gasteiger partial charge in [-0.1, -0.05) is 29.8 Å². The molecule has 0 aromatic heterocycles. The third kappa shape index (κ3) is 4.36. The Labute approximate surface area is 110 Å². The summed E-state index contributed by atoms with van der Waals surface area (Å²) >= 11 is 3.20. The molecule has 1 nitrogen and oxygen atoms in total. The zero-order valence-electron chi connectivity index (χ0n) is 10.1. The van der Waals surface area contributed by atoms with E-state index in [2.05, 4.69) is 15.9 Å². The van der Waals surface area contributed by atoms with Crippen molar-refractivity contribution in [1.82, 2.24) is 0 Å². The molecule has 0 radical (unpaired) electrons. The molecule has 0 saturated carbocycles. The van der Waals surface area contributed by atoms with Crippen LogP contribution in [0.3, 0.4) is 0 Å². The normalized spacial score (nSPS) is 15.0. The van der Waals surface area contributed by atoms with E-state index in [9.17, 15) is 8.78 Å². The molecular formula is C13H18BrF2N. The van der Waals surface area contributed by atoms with E-state index in [-0.39, 0.29) is 24.1 Å². The van der Waals surface area contributed by atoms with Crippen LogP contribution in [0, 0.1) is 17.7 Å². The van der Waals surface area contributed by atoms with Gasteiger partial charge in [-0.25, -0.2) is 8.78 Å². The van der Waals surface area contributed by atoms with E-state index in [1.54, 1.807) is 6.07 Å². The Hall–Kier alpha value is -0.480. The van der Waals surface area contributed by atoms with E-state index in [0.717, 1.165) is 0 Å². The molecular weight excluding hydrogens is 288 g/mol. The molecule has 0 bridgehead atoms. The van der Waals surface area contributed by atoms with Crippen LogP contribution in [0.15, 0.2) is 22.7 Å². The number of nitrogens with two attached hydrogens (primary N) is 1. The summed E-state index contributed by atoms with van der Waals surface area (Å²) < 4.78 is 27.8. The van der Waals surface area contributed by atoms with Crippen LogP contribution < -0.4 is 5.73 Å². The summed E-state index contributed by atoms with van der Waals surface area (Å²) in [6.45, 7) is 4.21. The minimum atomic E-state index is -1.03. The lowest BCUT2D eigenvalue weighted by Gasteiger charge is -2.23. The number of halogens is 3. The number of hydrogen-bond acceptors (Lipinski definition) is 1. The maximum Gasteiger partial charge on any atom is 0.124 e. The van der Waals surface area contributed by atoms with Crippen LogP contribution >= 0.6 is 15.9 Å². The highest BCUT2D eigenvalue weighted by Crippen LogP contribution is 2.23. The molecule has 0 aliphatic rings. The Morgan fingerprint density at radius 2 is 1.94 bits per heavy atom. The fraction of sp³-hybridized carbons (Fsp3) is 0.538. The molecule has 0 amide bonds. The monoisotopic (exact) mass is 305 g/mol. The van der Waals surface area contributed by atoms with Gasteiger partial charge in [-0.05, 0) is 36.2 Å². The second-order valence-corrected chi connectivity index (χ2v) is 5.56. The fourth-order valence-corrected chi connectivity index (χ4v) is 2.46. The largest absolute Gasteiger partial charge is 0.330 e. The van der Waals surface area contributed by atoms with Crippen molar-refractivity contribution in [2.45, 2.75) is 26.4 Å². The van der Waals surface area contributed by atoms with E-state index in [4.69, 9.17) is 5.73 Å². The molecule has 1 aromatic rings. The smallest absolute Gasteiger partial charge is 0.124 e. The Morgan fingerprint density at radius 1 is 1.29 bits per heavy atom. The number of rotatable bonds is 5. The van der Waals surface area contributed by atoms with Crippen LogP contribution in [0.5, 0.6) is 0 Å². The topological polar surface area (TPSA) is 26.0 Å². The molecule has 96 valence electrons. The Balaban J connectivity index is 2.76.